The Bertz CT molecular complexity index is 815. The number of ether oxygens (including phenoxy) is 1. The number of benzene rings is 2. The van der Waals surface area contributed by atoms with Gasteiger partial charge in [0.15, 0.2) is 0 Å². The van der Waals surface area contributed by atoms with Crippen LogP contribution >= 0.6 is 23.5 Å². The van der Waals surface area contributed by atoms with Crippen LogP contribution in [-0.2, 0) is 9.53 Å². The molecule has 2 atom stereocenters. The first-order valence-electron chi connectivity index (χ1n) is 8.65. The zero-order valence-electron chi connectivity index (χ0n) is 13.9. The second kappa shape index (κ2) is 7.30. The molecule has 1 heterocycles. The quantitative estimate of drug-likeness (QED) is 0.415. The molecule has 128 valence electrons. The molecule has 0 spiro atoms. The predicted molar refractivity (Wildman–Crippen MR) is 102 cm³/mol. The first-order chi connectivity index (χ1) is 12.2. The summed E-state index contributed by atoms with van der Waals surface area (Å²) in [4.78, 5) is 16.9. The maximum Gasteiger partial charge on any atom is 0.330 e. The minimum atomic E-state index is -0.306. The first kappa shape index (κ1) is 16.8. The zero-order valence-corrected chi connectivity index (χ0v) is 15.6. The Kier molecular flexibility index (Phi) is 4.91. The van der Waals surface area contributed by atoms with Crippen LogP contribution in [0.15, 0.2) is 74.7 Å². The van der Waals surface area contributed by atoms with Gasteiger partial charge in [0.1, 0.15) is 6.10 Å². The minimum Gasteiger partial charge on any atom is -0.459 e. The van der Waals surface area contributed by atoms with Gasteiger partial charge in [-0.05, 0) is 55.4 Å². The number of hydrogen-bond acceptors (Lipinski definition) is 4. The summed E-state index contributed by atoms with van der Waals surface area (Å²) in [6.45, 7) is 3.50. The van der Waals surface area contributed by atoms with Gasteiger partial charge in [-0.1, -0.05) is 54.4 Å². The molecule has 0 bridgehead atoms. The molecule has 2 aromatic rings. The van der Waals surface area contributed by atoms with E-state index in [4.69, 9.17) is 4.74 Å². The van der Waals surface area contributed by atoms with E-state index in [1.165, 1.54) is 31.2 Å². The van der Waals surface area contributed by atoms with Crippen LogP contribution in [0.4, 0.5) is 0 Å². The molecule has 0 saturated heterocycles. The van der Waals surface area contributed by atoms with Gasteiger partial charge in [0.2, 0.25) is 0 Å². The molecule has 25 heavy (non-hydrogen) atoms. The van der Waals surface area contributed by atoms with E-state index in [0.717, 1.165) is 25.7 Å². The molecule has 2 aliphatic rings. The Morgan fingerprint density at radius 2 is 1.80 bits per heavy atom. The molecule has 0 amide bonds. The van der Waals surface area contributed by atoms with Gasteiger partial charge >= 0.3 is 5.97 Å². The van der Waals surface area contributed by atoms with Crippen LogP contribution < -0.4 is 0 Å². The maximum atomic E-state index is 11.5. The van der Waals surface area contributed by atoms with Crippen molar-refractivity contribution in [1.82, 2.24) is 0 Å². The molecule has 0 aromatic heterocycles. The first-order valence-corrected chi connectivity index (χ1v) is 10.3. The molecule has 2 nitrogen and oxygen atoms in total. The van der Waals surface area contributed by atoms with E-state index in [9.17, 15) is 4.79 Å². The second-order valence-electron chi connectivity index (χ2n) is 6.45. The van der Waals surface area contributed by atoms with Crippen LogP contribution in [0.2, 0.25) is 0 Å². The molecule has 0 N–H and O–H groups in total. The lowest BCUT2D eigenvalue weighted by molar-refractivity contribution is -0.144. The highest BCUT2D eigenvalue weighted by molar-refractivity contribution is 8.05. The van der Waals surface area contributed by atoms with E-state index < -0.39 is 0 Å². The van der Waals surface area contributed by atoms with Crippen molar-refractivity contribution in [2.24, 2.45) is 0 Å². The number of hydrogen-bond donors (Lipinski definition) is 0. The number of rotatable bonds is 3. The summed E-state index contributed by atoms with van der Waals surface area (Å²) < 4.78 is 5.52. The number of fused-ring (bicyclic) bond motifs is 2. The van der Waals surface area contributed by atoms with Crippen molar-refractivity contribution in [1.29, 1.82) is 0 Å². The number of carbonyl (C=O) groups is 1. The minimum absolute atomic E-state index is 0.00800. The Morgan fingerprint density at radius 3 is 2.60 bits per heavy atom. The van der Waals surface area contributed by atoms with Crippen molar-refractivity contribution in [2.75, 3.05) is 0 Å². The standard InChI is InChI=1S/C21H20O2S2/c1-2-20(22)23-15-8-5-7-14(13-15)16-9-6-12-19-21(16)25-18-11-4-3-10-17(18)24-19/h2-4,6,9-12,14-15H,1,5,7-8,13H2. The van der Waals surface area contributed by atoms with Crippen LogP contribution in [0.5, 0.6) is 0 Å². The Morgan fingerprint density at radius 1 is 1.04 bits per heavy atom. The molecule has 4 heteroatoms. The summed E-state index contributed by atoms with van der Waals surface area (Å²) >= 11 is 3.73. The van der Waals surface area contributed by atoms with Crippen molar-refractivity contribution >= 4 is 29.5 Å². The lowest BCUT2D eigenvalue weighted by Gasteiger charge is -2.31. The second-order valence-corrected chi connectivity index (χ2v) is 8.59. The average Bonchev–Trinajstić information content (AvgIpc) is 2.66. The van der Waals surface area contributed by atoms with Crippen LogP contribution in [-0.4, -0.2) is 12.1 Å². The fourth-order valence-electron chi connectivity index (χ4n) is 3.64. The lowest BCUT2D eigenvalue weighted by atomic mass is 9.82. The van der Waals surface area contributed by atoms with E-state index in [-0.39, 0.29) is 12.1 Å². The highest BCUT2D eigenvalue weighted by Gasteiger charge is 2.29. The van der Waals surface area contributed by atoms with E-state index >= 15 is 0 Å². The number of esters is 1. The zero-order chi connectivity index (χ0) is 17.2. The topological polar surface area (TPSA) is 26.3 Å². The van der Waals surface area contributed by atoms with Gasteiger partial charge in [0.25, 0.3) is 0 Å². The van der Waals surface area contributed by atoms with Crippen molar-refractivity contribution in [3.8, 4) is 0 Å². The summed E-state index contributed by atoms with van der Waals surface area (Å²) in [6, 6.07) is 15.2. The highest BCUT2D eigenvalue weighted by Crippen LogP contribution is 2.52. The predicted octanol–water partition coefficient (Wildman–Crippen LogP) is 6.06. The van der Waals surface area contributed by atoms with Crippen LogP contribution in [0, 0.1) is 0 Å². The summed E-state index contributed by atoms with van der Waals surface area (Å²) in [6.07, 6.45) is 5.38. The molecule has 1 aliphatic carbocycles. The van der Waals surface area contributed by atoms with E-state index in [1.807, 2.05) is 23.5 Å². The van der Waals surface area contributed by atoms with E-state index in [2.05, 4.69) is 49.0 Å². The Balaban J connectivity index is 1.60. The molecule has 4 rings (SSSR count). The van der Waals surface area contributed by atoms with Crippen LogP contribution in [0.3, 0.4) is 0 Å². The molecule has 2 aromatic carbocycles. The number of carbonyl (C=O) groups excluding carboxylic acids is 1. The highest BCUT2D eigenvalue weighted by atomic mass is 32.2. The fourth-order valence-corrected chi connectivity index (χ4v) is 6.10. The SMILES string of the molecule is C=CC(=O)OC1CCCC(c2cccc3c2Sc2ccccc2S3)C1. The monoisotopic (exact) mass is 368 g/mol. The molecule has 2 unspecified atom stereocenters. The molecular weight excluding hydrogens is 348 g/mol. The molecule has 1 aliphatic heterocycles. The van der Waals surface area contributed by atoms with Gasteiger partial charge in [0.05, 0.1) is 0 Å². The van der Waals surface area contributed by atoms with Crippen molar-refractivity contribution in [3.63, 3.8) is 0 Å². The molecule has 1 fully saturated rings. The normalized spacial score (nSPS) is 21.8. The van der Waals surface area contributed by atoms with Crippen molar-refractivity contribution in [3.05, 3.63) is 60.7 Å². The van der Waals surface area contributed by atoms with Gasteiger partial charge in [-0.2, -0.15) is 0 Å². The summed E-state index contributed by atoms with van der Waals surface area (Å²) in [5, 5.41) is 0. The third-order valence-electron chi connectivity index (χ3n) is 4.81. The molecule has 0 radical (unpaired) electrons. The van der Waals surface area contributed by atoms with Gasteiger partial charge in [0, 0.05) is 25.7 Å². The summed E-state index contributed by atoms with van der Waals surface area (Å²) in [5.41, 5.74) is 1.41. The Labute approximate surface area is 157 Å². The summed E-state index contributed by atoms with van der Waals surface area (Å²) in [7, 11) is 0. The van der Waals surface area contributed by atoms with Crippen molar-refractivity contribution < 1.29 is 9.53 Å². The smallest absolute Gasteiger partial charge is 0.330 e. The van der Waals surface area contributed by atoms with Crippen LogP contribution in [0.1, 0.15) is 37.2 Å². The third kappa shape index (κ3) is 3.51. The Hall–Kier alpha value is -1.65. The fraction of sp³-hybridized carbons (Fsp3) is 0.286. The van der Waals surface area contributed by atoms with E-state index in [1.54, 1.807) is 0 Å². The van der Waals surface area contributed by atoms with E-state index in [0.29, 0.717) is 5.92 Å². The van der Waals surface area contributed by atoms with Gasteiger partial charge in [-0.25, -0.2) is 4.79 Å². The van der Waals surface area contributed by atoms with Gasteiger partial charge in [-0.15, -0.1) is 0 Å². The van der Waals surface area contributed by atoms with Gasteiger partial charge < -0.3 is 4.74 Å². The summed E-state index contributed by atoms with van der Waals surface area (Å²) in [5.74, 6) is 0.143. The lowest BCUT2D eigenvalue weighted by Crippen LogP contribution is -2.24. The van der Waals surface area contributed by atoms with Crippen LogP contribution in [0.25, 0.3) is 0 Å². The third-order valence-corrected chi connectivity index (χ3v) is 7.44. The maximum absolute atomic E-state index is 11.5. The largest absolute Gasteiger partial charge is 0.459 e. The van der Waals surface area contributed by atoms with Crippen molar-refractivity contribution in [2.45, 2.75) is 57.3 Å². The molecular formula is C21H20O2S2. The van der Waals surface area contributed by atoms with Gasteiger partial charge in [-0.3, -0.25) is 0 Å². The molecule has 1 saturated carbocycles. The average molecular weight is 369 g/mol.